The number of carbonyl (C=O) groups is 1. The third-order valence-corrected chi connectivity index (χ3v) is 7.40. The van der Waals surface area contributed by atoms with Crippen molar-refractivity contribution in [2.45, 2.75) is 38.7 Å². The van der Waals surface area contributed by atoms with Crippen molar-refractivity contribution in [3.8, 4) is 0 Å². The van der Waals surface area contributed by atoms with E-state index in [-0.39, 0.29) is 11.8 Å². The first-order chi connectivity index (χ1) is 15.7. The van der Waals surface area contributed by atoms with Gasteiger partial charge in [0.15, 0.2) is 0 Å². The van der Waals surface area contributed by atoms with Crippen molar-refractivity contribution in [2.24, 2.45) is 5.92 Å². The first kappa shape index (κ1) is 22.1. The van der Waals surface area contributed by atoms with Gasteiger partial charge in [0.25, 0.3) is 0 Å². The van der Waals surface area contributed by atoms with E-state index < -0.39 is 5.60 Å². The van der Waals surface area contributed by atoms with E-state index in [1.54, 1.807) is 60.4 Å². The zero-order valence-electron chi connectivity index (χ0n) is 18.7. The van der Waals surface area contributed by atoms with Crippen LogP contribution in [0.4, 0.5) is 11.5 Å². The number of hydrogen-bond acceptors (Lipinski definition) is 7. The first-order valence-corrected chi connectivity index (χ1v) is 12.0. The summed E-state index contributed by atoms with van der Waals surface area (Å²) in [5.74, 6) is 0.693. The number of pyridine rings is 1. The Bertz CT molecular complexity index is 1360. The number of nitrogens with one attached hydrogen (secondary N) is 1. The van der Waals surface area contributed by atoms with Gasteiger partial charge in [0.1, 0.15) is 17.0 Å². The van der Waals surface area contributed by atoms with E-state index in [0.717, 1.165) is 34.3 Å². The van der Waals surface area contributed by atoms with Crippen molar-refractivity contribution >= 4 is 56.1 Å². The van der Waals surface area contributed by atoms with E-state index in [4.69, 9.17) is 11.6 Å². The highest BCUT2D eigenvalue weighted by Gasteiger charge is 2.32. The lowest BCUT2D eigenvalue weighted by molar-refractivity contribution is -0.137. The summed E-state index contributed by atoms with van der Waals surface area (Å²) in [6.45, 7) is 3.74. The Morgan fingerprint density at radius 1 is 1.42 bits per heavy atom. The average molecular weight is 485 g/mol. The Hall–Kier alpha value is -2.75. The molecule has 172 valence electrons. The number of likely N-dealkylation sites (N-methyl/N-ethyl adjacent to an activating group) is 1. The van der Waals surface area contributed by atoms with Crippen LogP contribution in [0.25, 0.3) is 15.7 Å². The third kappa shape index (κ3) is 4.28. The van der Waals surface area contributed by atoms with E-state index in [1.807, 2.05) is 12.1 Å². The number of carbonyl (C=O) groups excluding carboxylic acids is 1. The summed E-state index contributed by atoms with van der Waals surface area (Å²) in [7, 11) is 1.76. The molecule has 2 N–H and O–H groups in total. The number of halogens is 1. The SMILES string of the molecule is CN(CC(C)(C)O)C(=O)[C@H]1CCc2c(sc3ncnc(Nc4cc5ccnn5cc4Cl)c23)C1. The van der Waals surface area contributed by atoms with Gasteiger partial charge in [-0.1, -0.05) is 11.6 Å². The Morgan fingerprint density at radius 3 is 3.03 bits per heavy atom. The fourth-order valence-corrected chi connectivity index (χ4v) is 6.01. The van der Waals surface area contributed by atoms with Gasteiger partial charge >= 0.3 is 0 Å². The molecule has 4 heterocycles. The molecule has 0 radical (unpaired) electrons. The number of aryl methyl sites for hydroxylation is 1. The molecule has 1 aliphatic rings. The monoisotopic (exact) mass is 484 g/mol. The number of thiophene rings is 1. The molecule has 10 heteroatoms. The van der Waals surface area contributed by atoms with Crippen molar-refractivity contribution in [3.63, 3.8) is 0 Å². The lowest BCUT2D eigenvalue weighted by atomic mass is 9.86. The molecule has 0 aromatic carbocycles. The highest BCUT2D eigenvalue weighted by molar-refractivity contribution is 7.19. The van der Waals surface area contributed by atoms with Gasteiger partial charge in [-0.2, -0.15) is 5.10 Å². The van der Waals surface area contributed by atoms with Gasteiger partial charge < -0.3 is 15.3 Å². The first-order valence-electron chi connectivity index (χ1n) is 10.8. The number of rotatable bonds is 5. The molecule has 1 aliphatic carbocycles. The van der Waals surface area contributed by atoms with E-state index in [2.05, 4.69) is 20.4 Å². The second-order valence-electron chi connectivity index (χ2n) is 9.21. The lowest BCUT2D eigenvalue weighted by Crippen LogP contribution is -2.43. The van der Waals surface area contributed by atoms with Gasteiger partial charge in [-0.3, -0.25) is 4.79 Å². The highest BCUT2D eigenvalue weighted by Crippen LogP contribution is 2.41. The summed E-state index contributed by atoms with van der Waals surface area (Å²) < 4.78 is 1.72. The van der Waals surface area contributed by atoms with Crippen LogP contribution in [-0.4, -0.2) is 54.7 Å². The highest BCUT2D eigenvalue weighted by atomic mass is 35.5. The van der Waals surface area contributed by atoms with Crippen molar-refractivity contribution in [1.82, 2.24) is 24.5 Å². The minimum atomic E-state index is -0.917. The molecule has 0 bridgehead atoms. The van der Waals surface area contributed by atoms with Crippen LogP contribution < -0.4 is 5.32 Å². The van der Waals surface area contributed by atoms with Gasteiger partial charge in [0, 0.05) is 36.8 Å². The molecule has 5 rings (SSSR count). The number of aromatic nitrogens is 4. The lowest BCUT2D eigenvalue weighted by Gasteiger charge is -2.30. The third-order valence-electron chi connectivity index (χ3n) is 5.93. The second kappa shape index (κ2) is 8.23. The van der Waals surface area contributed by atoms with Crippen LogP contribution in [0, 0.1) is 5.92 Å². The predicted octanol–water partition coefficient (Wildman–Crippen LogP) is 4.07. The Balaban J connectivity index is 1.44. The molecule has 4 aromatic rings. The summed E-state index contributed by atoms with van der Waals surface area (Å²) in [4.78, 5) is 25.7. The van der Waals surface area contributed by atoms with E-state index in [9.17, 15) is 9.90 Å². The zero-order valence-corrected chi connectivity index (χ0v) is 20.2. The van der Waals surface area contributed by atoms with Crippen LogP contribution in [0.2, 0.25) is 5.02 Å². The van der Waals surface area contributed by atoms with Crippen LogP contribution in [0.5, 0.6) is 0 Å². The van der Waals surface area contributed by atoms with Crippen molar-refractivity contribution < 1.29 is 9.90 Å². The minimum absolute atomic E-state index is 0.0746. The van der Waals surface area contributed by atoms with Crippen molar-refractivity contribution in [1.29, 1.82) is 0 Å². The van der Waals surface area contributed by atoms with Crippen LogP contribution in [0.1, 0.15) is 30.7 Å². The average Bonchev–Trinajstić information content (AvgIpc) is 3.35. The van der Waals surface area contributed by atoms with E-state index in [1.165, 1.54) is 10.4 Å². The minimum Gasteiger partial charge on any atom is -0.389 e. The number of fused-ring (bicyclic) bond motifs is 4. The summed E-state index contributed by atoms with van der Waals surface area (Å²) in [5.41, 5.74) is 1.96. The maximum Gasteiger partial charge on any atom is 0.225 e. The molecular formula is C23H25ClN6O2S. The number of anilines is 2. The fraction of sp³-hybridized carbons (Fsp3) is 0.391. The largest absolute Gasteiger partial charge is 0.389 e. The number of aliphatic hydroxyl groups is 1. The van der Waals surface area contributed by atoms with E-state index in [0.29, 0.717) is 23.8 Å². The van der Waals surface area contributed by atoms with Gasteiger partial charge in [0.05, 0.1) is 27.2 Å². The topological polar surface area (TPSA) is 95.6 Å². The summed E-state index contributed by atoms with van der Waals surface area (Å²) in [5, 5.41) is 19.2. The molecule has 1 atom stereocenters. The normalized spacial score (nSPS) is 16.2. The molecule has 8 nitrogen and oxygen atoms in total. The molecule has 1 amide bonds. The standard InChI is InChI=1S/C23H25ClN6O2S/c1-23(2,32)11-29(3)22(31)13-4-5-15-18(8-13)33-21-19(15)20(25-12-26-21)28-17-9-14-6-7-27-30(14)10-16(17)24/h6-7,9-10,12-13,32H,4-5,8,11H2,1-3H3,(H,25,26,28)/t13-/m0/s1. The second-order valence-corrected chi connectivity index (χ2v) is 10.7. The van der Waals surface area contributed by atoms with Crippen LogP contribution in [0.15, 0.2) is 30.9 Å². The van der Waals surface area contributed by atoms with Gasteiger partial charge in [0.2, 0.25) is 5.91 Å². The molecule has 0 spiro atoms. The molecular weight excluding hydrogens is 460 g/mol. The molecule has 0 saturated heterocycles. The van der Waals surface area contributed by atoms with Crippen molar-refractivity contribution in [2.75, 3.05) is 18.9 Å². The fourth-order valence-electron chi connectivity index (χ4n) is 4.55. The maximum atomic E-state index is 13.0. The zero-order chi connectivity index (χ0) is 23.3. The quantitative estimate of drug-likeness (QED) is 0.443. The maximum absolute atomic E-state index is 13.0. The van der Waals surface area contributed by atoms with Crippen LogP contribution in [-0.2, 0) is 17.6 Å². The molecule has 0 unspecified atom stereocenters. The Morgan fingerprint density at radius 2 is 2.24 bits per heavy atom. The summed E-state index contributed by atoms with van der Waals surface area (Å²) in [6.07, 6.45) is 7.25. The smallest absolute Gasteiger partial charge is 0.225 e. The number of hydrogen-bond donors (Lipinski definition) is 2. The Kier molecular flexibility index (Phi) is 5.50. The van der Waals surface area contributed by atoms with Gasteiger partial charge in [-0.15, -0.1) is 11.3 Å². The molecule has 0 saturated carbocycles. The van der Waals surface area contributed by atoms with Crippen LogP contribution in [0.3, 0.4) is 0 Å². The van der Waals surface area contributed by atoms with Gasteiger partial charge in [-0.05, 0) is 50.8 Å². The molecule has 0 fully saturated rings. The van der Waals surface area contributed by atoms with Crippen LogP contribution >= 0.6 is 22.9 Å². The molecule has 33 heavy (non-hydrogen) atoms. The van der Waals surface area contributed by atoms with E-state index >= 15 is 0 Å². The van der Waals surface area contributed by atoms with Crippen molar-refractivity contribution in [3.05, 3.63) is 46.3 Å². The number of nitrogens with zero attached hydrogens (tertiary/aromatic N) is 5. The van der Waals surface area contributed by atoms with Gasteiger partial charge in [-0.25, -0.2) is 14.5 Å². The molecule has 4 aromatic heterocycles. The summed E-state index contributed by atoms with van der Waals surface area (Å²) in [6, 6.07) is 3.85. The Labute approximate surface area is 200 Å². The predicted molar refractivity (Wildman–Crippen MR) is 130 cm³/mol. The summed E-state index contributed by atoms with van der Waals surface area (Å²) >= 11 is 8.10. The molecule has 0 aliphatic heterocycles. The number of amides is 1.